The van der Waals surface area contributed by atoms with Gasteiger partial charge in [-0.1, -0.05) is 18.2 Å². The first-order valence-corrected chi connectivity index (χ1v) is 11.6. The van der Waals surface area contributed by atoms with E-state index in [4.69, 9.17) is 14.2 Å². The summed E-state index contributed by atoms with van der Waals surface area (Å²) >= 11 is 0. The molecular weight excluding hydrogens is 444 g/mol. The average molecular weight is 475 g/mol. The van der Waals surface area contributed by atoms with Crippen molar-refractivity contribution in [1.82, 2.24) is 5.32 Å². The Kier molecular flexibility index (Phi) is 8.25. The number of aromatic hydroxyl groups is 1. The number of hydrogen-bond donors (Lipinski definition) is 3. The Morgan fingerprint density at radius 3 is 2.60 bits per heavy atom. The third-order valence-corrected chi connectivity index (χ3v) is 5.64. The van der Waals surface area contributed by atoms with Gasteiger partial charge < -0.3 is 30.0 Å². The highest BCUT2D eigenvalue weighted by Crippen LogP contribution is 2.27. The summed E-state index contributed by atoms with van der Waals surface area (Å²) in [5, 5.41) is 15.9. The summed E-state index contributed by atoms with van der Waals surface area (Å²) in [7, 11) is 1.48. The van der Waals surface area contributed by atoms with Gasteiger partial charge in [-0.3, -0.25) is 4.79 Å². The Morgan fingerprint density at radius 2 is 1.83 bits per heavy atom. The lowest BCUT2D eigenvalue weighted by atomic mass is 10.1. The maximum absolute atomic E-state index is 12.3. The van der Waals surface area contributed by atoms with Crippen LogP contribution in [0.3, 0.4) is 0 Å². The molecule has 3 aromatic rings. The van der Waals surface area contributed by atoms with Crippen LogP contribution in [0.2, 0.25) is 0 Å². The van der Waals surface area contributed by atoms with Crippen molar-refractivity contribution in [2.75, 3.05) is 25.5 Å². The molecule has 1 aliphatic rings. The van der Waals surface area contributed by atoms with Gasteiger partial charge in [0.2, 0.25) is 5.91 Å². The molecule has 182 valence electrons. The first kappa shape index (κ1) is 24.2. The topological polar surface area (TPSA) is 89.1 Å². The third-order valence-electron chi connectivity index (χ3n) is 5.64. The van der Waals surface area contributed by atoms with E-state index in [1.807, 2.05) is 48.5 Å². The normalized spacial score (nSPS) is 14.0. The van der Waals surface area contributed by atoms with Crippen LogP contribution in [0.1, 0.15) is 24.0 Å². The Bertz CT molecular complexity index is 1150. The second-order valence-electron chi connectivity index (χ2n) is 8.28. The molecule has 7 nitrogen and oxygen atoms in total. The van der Waals surface area contributed by atoms with E-state index < -0.39 is 0 Å². The zero-order chi connectivity index (χ0) is 24.5. The molecule has 0 aliphatic carbocycles. The Morgan fingerprint density at radius 1 is 1.06 bits per heavy atom. The predicted octanol–water partition coefficient (Wildman–Crippen LogP) is 4.76. The van der Waals surface area contributed by atoms with Gasteiger partial charge in [0.1, 0.15) is 24.2 Å². The van der Waals surface area contributed by atoms with Crippen LogP contribution in [0.5, 0.6) is 23.0 Å². The first-order valence-electron chi connectivity index (χ1n) is 11.6. The Hall–Kier alpha value is -3.97. The molecular formula is C28H30N2O5. The van der Waals surface area contributed by atoms with Gasteiger partial charge in [-0.25, -0.2) is 0 Å². The number of hydrogen-bond acceptors (Lipinski definition) is 6. The molecule has 1 fully saturated rings. The highest BCUT2D eigenvalue weighted by Gasteiger charge is 2.14. The lowest BCUT2D eigenvalue weighted by Crippen LogP contribution is -2.34. The molecule has 3 N–H and O–H groups in total. The number of methoxy groups -OCH3 is 1. The molecule has 1 aliphatic heterocycles. The van der Waals surface area contributed by atoms with Crippen LogP contribution in [-0.2, 0) is 11.4 Å². The molecule has 1 heterocycles. The fourth-order valence-corrected chi connectivity index (χ4v) is 3.78. The molecule has 0 spiro atoms. The van der Waals surface area contributed by atoms with Crippen molar-refractivity contribution in [3.05, 3.63) is 83.9 Å². The number of rotatable bonds is 9. The van der Waals surface area contributed by atoms with Crippen molar-refractivity contribution >= 4 is 17.7 Å². The van der Waals surface area contributed by atoms with Gasteiger partial charge in [0.25, 0.3) is 0 Å². The summed E-state index contributed by atoms with van der Waals surface area (Å²) < 4.78 is 17.0. The van der Waals surface area contributed by atoms with E-state index in [-0.39, 0.29) is 17.8 Å². The Balaban J connectivity index is 1.28. The van der Waals surface area contributed by atoms with Crippen LogP contribution >= 0.6 is 0 Å². The SMILES string of the molecule is COc1cc(/C=C/C(=O)Nc2cccc(COc3ccc(OC4CCNCC4)cc3)c2)ccc1O. The molecule has 0 aromatic heterocycles. The summed E-state index contributed by atoms with van der Waals surface area (Å²) in [4.78, 5) is 12.3. The number of phenolic OH excluding ortho intramolecular Hbond substituents is 1. The van der Waals surface area contributed by atoms with Gasteiger partial charge in [0.15, 0.2) is 11.5 Å². The van der Waals surface area contributed by atoms with Crippen molar-refractivity contribution in [3.8, 4) is 23.0 Å². The lowest BCUT2D eigenvalue weighted by molar-refractivity contribution is -0.111. The maximum Gasteiger partial charge on any atom is 0.248 e. The lowest BCUT2D eigenvalue weighted by Gasteiger charge is -2.23. The Labute approximate surface area is 205 Å². The second-order valence-corrected chi connectivity index (χ2v) is 8.28. The predicted molar refractivity (Wildman–Crippen MR) is 136 cm³/mol. The van der Waals surface area contributed by atoms with Gasteiger partial charge >= 0.3 is 0 Å². The quantitative estimate of drug-likeness (QED) is 0.388. The molecule has 0 saturated carbocycles. The van der Waals surface area contributed by atoms with Gasteiger partial charge in [0, 0.05) is 11.8 Å². The number of nitrogens with one attached hydrogen (secondary N) is 2. The molecule has 1 amide bonds. The number of phenols is 1. The maximum atomic E-state index is 12.3. The average Bonchev–Trinajstić information content (AvgIpc) is 2.88. The fourth-order valence-electron chi connectivity index (χ4n) is 3.78. The van der Waals surface area contributed by atoms with E-state index >= 15 is 0 Å². The number of ether oxygens (including phenoxy) is 3. The molecule has 0 unspecified atom stereocenters. The number of amides is 1. The molecule has 1 saturated heterocycles. The van der Waals surface area contributed by atoms with E-state index in [1.54, 1.807) is 18.2 Å². The summed E-state index contributed by atoms with van der Waals surface area (Å²) in [5.41, 5.74) is 2.35. The van der Waals surface area contributed by atoms with Crippen LogP contribution < -0.4 is 24.8 Å². The van der Waals surface area contributed by atoms with E-state index in [9.17, 15) is 9.90 Å². The minimum absolute atomic E-state index is 0.0506. The van der Waals surface area contributed by atoms with E-state index in [0.29, 0.717) is 18.0 Å². The van der Waals surface area contributed by atoms with Crippen LogP contribution in [0.15, 0.2) is 72.8 Å². The van der Waals surface area contributed by atoms with Crippen LogP contribution in [0.25, 0.3) is 6.08 Å². The van der Waals surface area contributed by atoms with E-state index in [1.165, 1.54) is 19.3 Å². The highest BCUT2D eigenvalue weighted by molar-refractivity contribution is 6.02. The van der Waals surface area contributed by atoms with Gasteiger partial charge in [-0.15, -0.1) is 0 Å². The number of piperidine rings is 1. The summed E-state index contributed by atoms with van der Waals surface area (Å²) in [6.07, 6.45) is 5.39. The van der Waals surface area contributed by atoms with Crippen molar-refractivity contribution in [3.63, 3.8) is 0 Å². The molecule has 0 bridgehead atoms. The second kappa shape index (κ2) is 11.9. The van der Waals surface area contributed by atoms with Crippen molar-refractivity contribution in [2.24, 2.45) is 0 Å². The third kappa shape index (κ3) is 7.25. The van der Waals surface area contributed by atoms with Gasteiger partial charge in [-0.2, -0.15) is 0 Å². The molecule has 0 atom stereocenters. The summed E-state index contributed by atoms with van der Waals surface area (Å²) in [6, 6.07) is 20.1. The highest BCUT2D eigenvalue weighted by atomic mass is 16.5. The monoisotopic (exact) mass is 474 g/mol. The molecule has 0 radical (unpaired) electrons. The molecule has 7 heteroatoms. The van der Waals surface area contributed by atoms with Gasteiger partial charge in [0.05, 0.1) is 7.11 Å². The minimum Gasteiger partial charge on any atom is -0.504 e. The van der Waals surface area contributed by atoms with E-state index in [0.717, 1.165) is 48.6 Å². The number of carbonyl (C=O) groups is 1. The van der Waals surface area contributed by atoms with Crippen molar-refractivity contribution < 1.29 is 24.1 Å². The first-order chi connectivity index (χ1) is 17.1. The molecule has 4 rings (SSSR count). The number of carbonyl (C=O) groups excluding carboxylic acids is 1. The van der Waals surface area contributed by atoms with E-state index in [2.05, 4.69) is 10.6 Å². The van der Waals surface area contributed by atoms with Crippen molar-refractivity contribution in [1.29, 1.82) is 0 Å². The zero-order valence-corrected chi connectivity index (χ0v) is 19.7. The van der Waals surface area contributed by atoms with Crippen LogP contribution in [-0.4, -0.2) is 37.3 Å². The molecule has 35 heavy (non-hydrogen) atoms. The molecule has 3 aromatic carbocycles. The number of anilines is 1. The fraction of sp³-hybridized carbons (Fsp3) is 0.250. The minimum atomic E-state index is -0.264. The zero-order valence-electron chi connectivity index (χ0n) is 19.7. The van der Waals surface area contributed by atoms with Gasteiger partial charge in [-0.05, 0) is 91.7 Å². The van der Waals surface area contributed by atoms with Crippen LogP contribution in [0.4, 0.5) is 5.69 Å². The largest absolute Gasteiger partial charge is 0.504 e. The number of benzene rings is 3. The summed E-state index contributed by atoms with van der Waals surface area (Å²) in [5.74, 6) is 1.75. The van der Waals surface area contributed by atoms with Crippen molar-refractivity contribution in [2.45, 2.75) is 25.6 Å². The van der Waals surface area contributed by atoms with Crippen LogP contribution in [0, 0.1) is 0 Å². The standard InChI is InChI=1S/C28H30N2O5/c1-33-27-18-20(5-11-26(27)31)6-12-28(32)30-22-4-2-3-21(17-22)19-34-23-7-9-24(10-8-23)35-25-13-15-29-16-14-25/h2-12,17-18,25,29,31H,13-16,19H2,1H3,(H,30,32)/b12-6+. The smallest absolute Gasteiger partial charge is 0.248 e. The summed E-state index contributed by atoms with van der Waals surface area (Å²) in [6.45, 7) is 2.37.